The van der Waals surface area contributed by atoms with Crippen molar-refractivity contribution in [2.75, 3.05) is 19.9 Å². The molecule has 2 fully saturated rings. The summed E-state index contributed by atoms with van der Waals surface area (Å²) in [6, 6.07) is 5.56. The Hall–Kier alpha value is -2.24. The van der Waals surface area contributed by atoms with E-state index in [1.165, 1.54) is 0 Å². The summed E-state index contributed by atoms with van der Waals surface area (Å²) < 4.78 is 10.7. The summed E-state index contributed by atoms with van der Waals surface area (Å²) in [4.78, 5) is 26.1. The average molecular weight is 331 g/mol. The lowest BCUT2D eigenvalue weighted by Crippen LogP contribution is -2.34. The molecule has 6 heteroatoms. The zero-order valence-corrected chi connectivity index (χ0v) is 13.4. The molecule has 0 spiro atoms. The second-order valence-corrected chi connectivity index (χ2v) is 6.89. The number of amides is 1. The normalized spacial score (nSPS) is 26.1. The van der Waals surface area contributed by atoms with E-state index in [4.69, 9.17) is 9.47 Å². The second kappa shape index (κ2) is 6.00. The molecule has 0 bridgehead atoms. The predicted molar refractivity (Wildman–Crippen MR) is 85.0 cm³/mol. The number of benzene rings is 1. The molecular weight excluding hydrogens is 310 g/mol. The van der Waals surface area contributed by atoms with Gasteiger partial charge < -0.3 is 19.5 Å². The molecule has 1 aliphatic carbocycles. The summed E-state index contributed by atoms with van der Waals surface area (Å²) in [6.07, 6.45) is 4.06. The number of carbonyl (C=O) groups is 2. The summed E-state index contributed by atoms with van der Waals surface area (Å²) in [5.74, 6) is -0.0888. The van der Waals surface area contributed by atoms with E-state index < -0.39 is 11.9 Å². The molecule has 3 aliphatic rings. The van der Waals surface area contributed by atoms with Gasteiger partial charge in [0.2, 0.25) is 12.7 Å². The van der Waals surface area contributed by atoms with Crippen molar-refractivity contribution < 1.29 is 24.2 Å². The summed E-state index contributed by atoms with van der Waals surface area (Å²) in [6.45, 7) is 0.952. The van der Waals surface area contributed by atoms with Crippen LogP contribution in [0.3, 0.4) is 0 Å². The lowest BCUT2D eigenvalue weighted by atomic mass is 9.89. The molecule has 6 nitrogen and oxygen atoms in total. The van der Waals surface area contributed by atoms with Gasteiger partial charge >= 0.3 is 5.97 Å². The first-order valence-electron chi connectivity index (χ1n) is 8.54. The van der Waals surface area contributed by atoms with Gasteiger partial charge in [-0.25, -0.2) is 0 Å². The van der Waals surface area contributed by atoms with Gasteiger partial charge in [0.25, 0.3) is 0 Å². The number of nitrogens with zero attached hydrogens (tertiary/aromatic N) is 1. The minimum atomic E-state index is -0.848. The van der Waals surface area contributed by atoms with Gasteiger partial charge in [-0.15, -0.1) is 0 Å². The number of ether oxygens (including phenoxy) is 2. The highest BCUT2D eigenvalue weighted by molar-refractivity contribution is 5.81. The van der Waals surface area contributed by atoms with E-state index in [0.29, 0.717) is 24.6 Å². The van der Waals surface area contributed by atoms with E-state index in [1.54, 1.807) is 4.90 Å². The third-order valence-corrected chi connectivity index (χ3v) is 5.48. The van der Waals surface area contributed by atoms with E-state index in [0.717, 1.165) is 31.2 Å². The lowest BCUT2D eigenvalue weighted by Gasteiger charge is -2.20. The molecule has 2 aliphatic heterocycles. The number of likely N-dealkylation sites (tertiary alicyclic amines) is 1. The van der Waals surface area contributed by atoms with Crippen LogP contribution in [0.25, 0.3) is 0 Å². The molecule has 1 aromatic carbocycles. The van der Waals surface area contributed by atoms with E-state index in [2.05, 4.69) is 0 Å². The Bertz CT molecular complexity index is 667. The van der Waals surface area contributed by atoms with Crippen LogP contribution in [0.15, 0.2) is 18.2 Å². The maximum absolute atomic E-state index is 12.7. The van der Waals surface area contributed by atoms with Gasteiger partial charge in [0, 0.05) is 24.9 Å². The highest BCUT2D eigenvalue weighted by Gasteiger charge is 2.42. The van der Waals surface area contributed by atoms with Crippen molar-refractivity contribution in [1.82, 2.24) is 4.90 Å². The molecule has 0 aromatic heterocycles. The number of fused-ring (bicyclic) bond motifs is 1. The first-order valence-corrected chi connectivity index (χ1v) is 8.54. The molecule has 1 saturated heterocycles. The Morgan fingerprint density at radius 1 is 1.08 bits per heavy atom. The number of carboxylic acid groups (broad SMARTS) is 1. The highest BCUT2D eigenvalue weighted by Crippen LogP contribution is 2.40. The fraction of sp³-hybridized carbons (Fsp3) is 0.556. The van der Waals surface area contributed by atoms with Gasteiger partial charge in [-0.2, -0.15) is 0 Å². The summed E-state index contributed by atoms with van der Waals surface area (Å²) in [5, 5.41) is 9.61. The van der Waals surface area contributed by atoms with Crippen molar-refractivity contribution in [3.63, 3.8) is 0 Å². The number of hydrogen-bond acceptors (Lipinski definition) is 4. The van der Waals surface area contributed by atoms with Crippen LogP contribution in [0.1, 0.15) is 37.2 Å². The van der Waals surface area contributed by atoms with Crippen molar-refractivity contribution in [3.8, 4) is 11.5 Å². The van der Waals surface area contributed by atoms with E-state index in [-0.39, 0.29) is 24.5 Å². The first kappa shape index (κ1) is 15.3. The topological polar surface area (TPSA) is 76.1 Å². The molecule has 1 aromatic rings. The Kier molecular flexibility index (Phi) is 3.82. The minimum Gasteiger partial charge on any atom is -0.481 e. The van der Waals surface area contributed by atoms with Crippen LogP contribution < -0.4 is 9.47 Å². The fourth-order valence-corrected chi connectivity index (χ4v) is 4.15. The van der Waals surface area contributed by atoms with Crippen LogP contribution in [-0.2, 0) is 9.59 Å². The molecule has 4 rings (SSSR count). The fourth-order valence-electron chi connectivity index (χ4n) is 4.15. The quantitative estimate of drug-likeness (QED) is 0.919. The van der Waals surface area contributed by atoms with Crippen molar-refractivity contribution in [1.29, 1.82) is 0 Å². The van der Waals surface area contributed by atoms with Gasteiger partial charge in [0.1, 0.15) is 0 Å². The molecule has 24 heavy (non-hydrogen) atoms. The van der Waals surface area contributed by atoms with Crippen molar-refractivity contribution in [3.05, 3.63) is 23.8 Å². The molecule has 1 N–H and O–H groups in total. The number of hydrogen-bond donors (Lipinski definition) is 1. The van der Waals surface area contributed by atoms with E-state index in [9.17, 15) is 14.7 Å². The molecule has 0 unspecified atom stereocenters. The molecule has 2 heterocycles. The van der Waals surface area contributed by atoms with E-state index in [1.807, 2.05) is 18.2 Å². The van der Waals surface area contributed by atoms with Gasteiger partial charge in [0.15, 0.2) is 11.5 Å². The maximum Gasteiger partial charge on any atom is 0.308 e. The minimum absolute atomic E-state index is 0.0787. The molecule has 2 atom stereocenters. The van der Waals surface area contributed by atoms with Crippen LogP contribution in [0.2, 0.25) is 0 Å². The summed E-state index contributed by atoms with van der Waals surface area (Å²) in [7, 11) is 0. The summed E-state index contributed by atoms with van der Waals surface area (Å²) >= 11 is 0. The van der Waals surface area contributed by atoms with Crippen molar-refractivity contribution in [2.24, 2.45) is 11.8 Å². The van der Waals surface area contributed by atoms with Crippen LogP contribution >= 0.6 is 0 Å². The number of rotatable bonds is 3. The second-order valence-electron chi connectivity index (χ2n) is 6.89. The Morgan fingerprint density at radius 2 is 1.83 bits per heavy atom. The highest BCUT2D eigenvalue weighted by atomic mass is 16.7. The zero-order chi connectivity index (χ0) is 16.7. The monoisotopic (exact) mass is 331 g/mol. The Morgan fingerprint density at radius 3 is 2.58 bits per heavy atom. The van der Waals surface area contributed by atoms with Gasteiger partial charge in [-0.05, 0) is 30.5 Å². The molecule has 1 amide bonds. The number of aliphatic carboxylic acids is 1. The molecule has 0 radical (unpaired) electrons. The maximum atomic E-state index is 12.7. The Balaban J connectivity index is 1.57. The SMILES string of the molecule is O=C(O)[C@@H]1CN(C(=O)C2CCCC2)C[C@H]1c1ccc2c(c1)OCO2. The predicted octanol–water partition coefficient (Wildman–Crippen LogP) is 2.23. The molecule has 128 valence electrons. The number of carbonyl (C=O) groups excluding carboxylic acids is 1. The van der Waals surface area contributed by atoms with E-state index >= 15 is 0 Å². The van der Waals surface area contributed by atoms with Crippen LogP contribution in [0, 0.1) is 11.8 Å². The zero-order valence-electron chi connectivity index (χ0n) is 13.4. The lowest BCUT2D eigenvalue weighted by molar-refractivity contribution is -0.142. The van der Waals surface area contributed by atoms with Crippen LogP contribution in [0.4, 0.5) is 0 Å². The smallest absolute Gasteiger partial charge is 0.308 e. The average Bonchev–Trinajstić information content (AvgIpc) is 3.31. The van der Waals surface area contributed by atoms with Crippen molar-refractivity contribution in [2.45, 2.75) is 31.6 Å². The van der Waals surface area contributed by atoms with Gasteiger partial charge in [-0.1, -0.05) is 18.9 Å². The van der Waals surface area contributed by atoms with Gasteiger partial charge in [-0.3, -0.25) is 9.59 Å². The standard InChI is InChI=1S/C18H21NO5/c20-17(11-3-1-2-4-11)19-8-13(14(9-19)18(21)22)12-5-6-15-16(7-12)24-10-23-15/h5-7,11,13-14H,1-4,8-10H2,(H,21,22)/t13-,14+/m0/s1. The largest absolute Gasteiger partial charge is 0.481 e. The molecule has 1 saturated carbocycles. The van der Waals surface area contributed by atoms with Crippen LogP contribution in [0.5, 0.6) is 11.5 Å². The number of carboxylic acids is 1. The van der Waals surface area contributed by atoms with Crippen LogP contribution in [-0.4, -0.2) is 41.8 Å². The molecular formula is C18H21NO5. The van der Waals surface area contributed by atoms with Gasteiger partial charge in [0.05, 0.1) is 5.92 Å². The third-order valence-electron chi connectivity index (χ3n) is 5.48. The van der Waals surface area contributed by atoms with Crippen molar-refractivity contribution >= 4 is 11.9 Å². The Labute approximate surface area is 140 Å². The first-order chi connectivity index (χ1) is 11.6. The third kappa shape index (κ3) is 2.60. The summed E-state index contributed by atoms with van der Waals surface area (Å²) in [5.41, 5.74) is 0.897.